The van der Waals surface area contributed by atoms with Crippen molar-refractivity contribution in [2.75, 3.05) is 0 Å². The summed E-state index contributed by atoms with van der Waals surface area (Å²) in [4.78, 5) is 34.1. The van der Waals surface area contributed by atoms with Gasteiger partial charge in [-0.2, -0.15) is 0 Å². The number of nitrogens with one attached hydrogen (secondary N) is 1. The van der Waals surface area contributed by atoms with Crippen molar-refractivity contribution in [3.05, 3.63) is 35.9 Å². The molecule has 22 heavy (non-hydrogen) atoms. The van der Waals surface area contributed by atoms with Crippen molar-refractivity contribution in [1.82, 2.24) is 5.32 Å². The second-order valence-corrected chi connectivity index (χ2v) is 5.13. The molecule has 1 aromatic rings. The summed E-state index contributed by atoms with van der Waals surface area (Å²) >= 11 is 0. The maximum atomic E-state index is 11.7. The van der Waals surface area contributed by atoms with Gasteiger partial charge in [-0.25, -0.2) is 9.59 Å². The number of alkyl carbamates (subject to hydrolysis) is 1. The van der Waals surface area contributed by atoms with E-state index in [4.69, 9.17) is 14.9 Å². The van der Waals surface area contributed by atoms with Crippen LogP contribution in [0.3, 0.4) is 0 Å². The third-order valence-corrected chi connectivity index (χ3v) is 3.11. The van der Waals surface area contributed by atoms with Crippen molar-refractivity contribution in [2.45, 2.75) is 26.5 Å². The molecular formula is C15H19NO6. The smallest absolute Gasteiger partial charge is 0.408 e. The summed E-state index contributed by atoms with van der Waals surface area (Å²) in [6.07, 6.45) is -0.969. The molecule has 2 atom stereocenters. The average molecular weight is 309 g/mol. The van der Waals surface area contributed by atoms with Crippen LogP contribution in [0.2, 0.25) is 0 Å². The average Bonchev–Trinajstić information content (AvgIpc) is 2.44. The van der Waals surface area contributed by atoms with Gasteiger partial charge in [0.05, 0.1) is 5.92 Å². The van der Waals surface area contributed by atoms with Crippen LogP contribution in [0.25, 0.3) is 0 Å². The molecule has 7 heteroatoms. The molecule has 0 bridgehead atoms. The molecule has 1 rings (SSSR count). The van der Waals surface area contributed by atoms with E-state index < -0.39 is 35.9 Å². The summed E-state index contributed by atoms with van der Waals surface area (Å²) in [5.74, 6) is -4.42. The Kier molecular flexibility index (Phi) is 6.37. The Hall–Kier alpha value is -2.57. The van der Waals surface area contributed by atoms with Crippen LogP contribution in [0, 0.1) is 11.8 Å². The van der Waals surface area contributed by atoms with E-state index in [9.17, 15) is 14.4 Å². The van der Waals surface area contributed by atoms with Crippen molar-refractivity contribution in [1.29, 1.82) is 0 Å². The van der Waals surface area contributed by atoms with Crippen LogP contribution in [0.15, 0.2) is 30.3 Å². The number of carbonyl (C=O) groups is 3. The number of hydrogen-bond donors (Lipinski definition) is 3. The Balaban J connectivity index is 2.68. The van der Waals surface area contributed by atoms with Crippen LogP contribution in [-0.2, 0) is 20.9 Å². The minimum atomic E-state index is -1.55. The Morgan fingerprint density at radius 3 is 2.14 bits per heavy atom. The third-order valence-electron chi connectivity index (χ3n) is 3.11. The van der Waals surface area contributed by atoms with Crippen LogP contribution in [0.4, 0.5) is 4.79 Å². The zero-order valence-electron chi connectivity index (χ0n) is 12.4. The van der Waals surface area contributed by atoms with Gasteiger partial charge in [0.2, 0.25) is 0 Å². The molecule has 0 heterocycles. The number of benzene rings is 1. The van der Waals surface area contributed by atoms with Crippen molar-refractivity contribution in [3.8, 4) is 0 Å². The standard InChI is InChI=1S/C15H19NO6/c1-9(2)11(13(17)18)12(14(19)20)16-15(21)22-8-10-6-4-3-5-7-10/h3-7,9,11-12H,8H2,1-2H3,(H,16,21)(H,17,18)(H,19,20)/t11?,12-/m0/s1. The van der Waals surface area contributed by atoms with Gasteiger partial charge in [-0.05, 0) is 11.5 Å². The quantitative estimate of drug-likeness (QED) is 0.707. The van der Waals surface area contributed by atoms with E-state index >= 15 is 0 Å². The predicted octanol–water partition coefficient (Wildman–Crippen LogP) is 1.72. The molecule has 0 spiro atoms. The Bertz CT molecular complexity index is 528. The lowest BCUT2D eigenvalue weighted by molar-refractivity contribution is -0.152. The number of carboxylic acid groups (broad SMARTS) is 2. The molecule has 0 fully saturated rings. The minimum Gasteiger partial charge on any atom is -0.481 e. The number of carboxylic acids is 2. The van der Waals surface area contributed by atoms with E-state index in [0.29, 0.717) is 0 Å². The van der Waals surface area contributed by atoms with Gasteiger partial charge in [-0.15, -0.1) is 0 Å². The Labute approximate surface area is 127 Å². The van der Waals surface area contributed by atoms with Crippen LogP contribution in [0.1, 0.15) is 19.4 Å². The highest BCUT2D eigenvalue weighted by Gasteiger charge is 2.37. The largest absolute Gasteiger partial charge is 0.481 e. The van der Waals surface area contributed by atoms with E-state index in [1.165, 1.54) is 0 Å². The molecule has 0 aliphatic carbocycles. The summed E-state index contributed by atoms with van der Waals surface area (Å²) in [5, 5.41) is 20.4. The number of amides is 1. The lowest BCUT2D eigenvalue weighted by Gasteiger charge is -2.24. The number of hydrogen-bond acceptors (Lipinski definition) is 4. The normalized spacial score (nSPS) is 13.2. The highest BCUT2D eigenvalue weighted by molar-refractivity contribution is 5.86. The predicted molar refractivity (Wildman–Crippen MR) is 77.2 cm³/mol. The highest BCUT2D eigenvalue weighted by atomic mass is 16.5. The van der Waals surface area contributed by atoms with Gasteiger partial charge in [-0.3, -0.25) is 4.79 Å². The number of rotatable bonds is 7. The summed E-state index contributed by atoms with van der Waals surface area (Å²) in [6, 6.07) is 7.29. The van der Waals surface area contributed by atoms with E-state index in [0.717, 1.165) is 5.56 Å². The zero-order valence-corrected chi connectivity index (χ0v) is 12.4. The maximum Gasteiger partial charge on any atom is 0.408 e. The third kappa shape index (κ3) is 5.08. The summed E-state index contributed by atoms with van der Waals surface area (Å²) < 4.78 is 4.91. The SMILES string of the molecule is CC(C)C(C(=O)O)[C@H](NC(=O)OCc1ccccc1)C(=O)O. The fraction of sp³-hybridized carbons (Fsp3) is 0.400. The molecule has 0 aliphatic heterocycles. The Morgan fingerprint density at radius 1 is 1.09 bits per heavy atom. The van der Waals surface area contributed by atoms with Crippen LogP contribution >= 0.6 is 0 Å². The second kappa shape index (κ2) is 8.02. The lowest BCUT2D eigenvalue weighted by Crippen LogP contribution is -2.50. The second-order valence-electron chi connectivity index (χ2n) is 5.13. The lowest BCUT2D eigenvalue weighted by atomic mass is 9.88. The molecule has 0 saturated carbocycles. The topological polar surface area (TPSA) is 113 Å². The summed E-state index contributed by atoms with van der Waals surface area (Å²) in [6.45, 7) is 3.12. The monoisotopic (exact) mass is 309 g/mol. The molecule has 7 nitrogen and oxygen atoms in total. The van der Waals surface area contributed by atoms with Gasteiger partial charge in [0.25, 0.3) is 0 Å². The van der Waals surface area contributed by atoms with Crippen molar-refractivity contribution in [3.63, 3.8) is 0 Å². The molecule has 0 aliphatic rings. The van der Waals surface area contributed by atoms with Crippen LogP contribution in [0.5, 0.6) is 0 Å². The molecule has 1 unspecified atom stereocenters. The fourth-order valence-corrected chi connectivity index (χ4v) is 2.01. The van der Waals surface area contributed by atoms with Crippen LogP contribution < -0.4 is 5.32 Å². The van der Waals surface area contributed by atoms with Crippen molar-refractivity contribution >= 4 is 18.0 Å². The fourth-order valence-electron chi connectivity index (χ4n) is 2.01. The number of carbonyl (C=O) groups excluding carboxylic acids is 1. The molecule has 1 amide bonds. The molecule has 0 saturated heterocycles. The minimum absolute atomic E-state index is 0.0293. The summed E-state index contributed by atoms with van der Waals surface area (Å²) in [5.41, 5.74) is 0.739. The molecule has 0 aromatic heterocycles. The van der Waals surface area contributed by atoms with Gasteiger partial charge >= 0.3 is 18.0 Å². The van der Waals surface area contributed by atoms with Crippen molar-refractivity contribution < 1.29 is 29.3 Å². The molecule has 3 N–H and O–H groups in total. The van der Waals surface area contributed by atoms with Gasteiger partial charge in [0.1, 0.15) is 12.6 Å². The molecule has 120 valence electrons. The first-order valence-corrected chi connectivity index (χ1v) is 6.75. The Morgan fingerprint density at radius 2 is 1.68 bits per heavy atom. The molecule has 0 radical (unpaired) electrons. The first-order chi connectivity index (χ1) is 10.3. The number of ether oxygens (including phenoxy) is 1. The van der Waals surface area contributed by atoms with Gasteiger partial charge in [-0.1, -0.05) is 44.2 Å². The summed E-state index contributed by atoms with van der Waals surface area (Å²) in [7, 11) is 0. The van der Waals surface area contributed by atoms with Crippen molar-refractivity contribution in [2.24, 2.45) is 11.8 Å². The first kappa shape index (κ1) is 17.5. The van der Waals surface area contributed by atoms with E-state index in [1.807, 2.05) is 6.07 Å². The van der Waals surface area contributed by atoms with E-state index in [-0.39, 0.29) is 6.61 Å². The maximum absolute atomic E-state index is 11.7. The van der Waals surface area contributed by atoms with Gasteiger partial charge in [0.15, 0.2) is 0 Å². The van der Waals surface area contributed by atoms with Crippen LogP contribution in [-0.4, -0.2) is 34.3 Å². The van der Waals surface area contributed by atoms with Gasteiger partial charge in [0, 0.05) is 0 Å². The first-order valence-electron chi connectivity index (χ1n) is 6.75. The van der Waals surface area contributed by atoms with Gasteiger partial charge < -0.3 is 20.3 Å². The molecular weight excluding hydrogens is 290 g/mol. The number of aliphatic carboxylic acids is 2. The van der Waals surface area contributed by atoms with E-state index in [2.05, 4.69) is 5.32 Å². The zero-order chi connectivity index (χ0) is 16.7. The van der Waals surface area contributed by atoms with E-state index in [1.54, 1.807) is 38.1 Å². The molecule has 1 aromatic carbocycles. The highest BCUT2D eigenvalue weighted by Crippen LogP contribution is 2.16.